The number of anilines is 1. The highest BCUT2D eigenvalue weighted by Gasteiger charge is 2.40. The first-order valence-corrected chi connectivity index (χ1v) is 10.4. The Labute approximate surface area is 172 Å². The first-order chi connectivity index (χ1) is 14.1. The summed E-state index contributed by atoms with van der Waals surface area (Å²) in [7, 11) is 5.74. The summed E-state index contributed by atoms with van der Waals surface area (Å²) in [6, 6.07) is 6.79. The molecule has 1 amide bonds. The number of fused-ring (bicyclic) bond motifs is 1. The lowest BCUT2D eigenvalue weighted by molar-refractivity contribution is -0.129. The summed E-state index contributed by atoms with van der Waals surface area (Å²) in [6.45, 7) is 3.88. The molecule has 0 aliphatic carbocycles. The van der Waals surface area contributed by atoms with Crippen molar-refractivity contribution in [2.24, 2.45) is 13.0 Å². The highest BCUT2D eigenvalue weighted by atomic mass is 16.5. The van der Waals surface area contributed by atoms with E-state index in [4.69, 9.17) is 4.74 Å². The molecule has 1 aromatic heterocycles. The number of hydrogen-bond acceptors (Lipinski definition) is 5. The zero-order valence-electron chi connectivity index (χ0n) is 17.6. The summed E-state index contributed by atoms with van der Waals surface area (Å²) in [5.41, 5.74) is 5.18. The third-order valence-corrected chi connectivity index (χ3v) is 6.15. The second-order valence-electron chi connectivity index (χ2n) is 8.20. The topological polar surface area (TPSA) is 62.6 Å². The summed E-state index contributed by atoms with van der Waals surface area (Å²) in [6.07, 6.45) is 5.58. The van der Waals surface area contributed by atoms with E-state index in [9.17, 15) is 4.79 Å². The summed E-state index contributed by atoms with van der Waals surface area (Å²) < 4.78 is 7.03. The van der Waals surface area contributed by atoms with Crippen LogP contribution < -0.4 is 10.2 Å². The average Bonchev–Trinajstić information content (AvgIpc) is 3.38. The molecule has 2 aromatic rings. The number of aromatic nitrogens is 2. The Kier molecular flexibility index (Phi) is 5.87. The maximum Gasteiger partial charge on any atom is 0.223 e. The molecule has 1 saturated heterocycles. The van der Waals surface area contributed by atoms with Crippen LogP contribution in [0.3, 0.4) is 0 Å². The van der Waals surface area contributed by atoms with Crippen LogP contribution in [0.1, 0.15) is 29.2 Å². The van der Waals surface area contributed by atoms with Crippen LogP contribution in [0.15, 0.2) is 30.6 Å². The van der Waals surface area contributed by atoms with E-state index in [-0.39, 0.29) is 17.9 Å². The van der Waals surface area contributed by atoms with Gasteiger partial charge in [-0.15, -0.1) is 0 Å². The van der Waals surface area contributed by atoms with Crippen LogP contribution >= 0.6 is 0 Å². The number of aryl methyl sites for hydroxylation is 1. The molecule has 0 radical (unpaired) electrons. The lowest BCUT2D eigenvalue weighted by Crippen LogP contribution is -2.33. The van der Waals surface area contributed by atoms with E-state index in [1.54, 1.807) is 11.8 Å². The molecular weight excluding hydrogens is 366 g/mol. The maximum atomic E-state index is 12.7. The lowest BCUT2D eigenvalue weighted by atomic mass is 9.95. The maximum absolute atomic E-state index is 12.7. The molecule has 7 nitrogen and oxygen atoms in total. The largest absolute Gasteiger partial charge is 0.383 e. The van der Waals surface area contributed by atoms with E-state index in [1.165, 1.54) is 16.8 Å². The fourth-order valence-corrected chi connectivity index (χ4v) is 4.68. The Morgan fingerprint density at radius 3 is 2.93 bits per heavy atom. The minimum Gasteiger partial charge on any atom is -0.383 e. The third kappa shape index (κ3) is 4.16. The molecule has 1 N–H and O–H groups in total. The highest BCUT2D eigenvalue weighted by molar-refractivity contribution is 5.79. The number of carbonyl (C=O) groups is 1. The van der Waals surface area contributed by atoms with Crippen molar-refractivity contribution in [3.05, 3.63) is 47.3 Å². The molecule has 0 unspecified atom stereocenters. The van der Waals surface area contributed by atoms with Gasteiger partial charge in [-0.2, -0.15) is 5.10 Å². The van der Waals surface area contributed by atoms with Gasteiger partial charge in [0.1, 0.15) is 0 Å². The number of benzene rings is 1. The molecule has 0 bridgehead atoms. The van der Waals surface area contributed by atoms with Gasteiger partial charge >= 0.3 is 0 Å². The van der Waals surface area contributed by atoms with Crippen molar-refractivity contribution in [1.29, 1.82) is 0 Å². The van der Waals surface area contributed by atoms with Gasteiger partial charge in [0.25, 0.3) is 0 Å². The second-order valence-corrected chi connectivity index (χ2v) is 8.20. The third-order valence-electron chi connectivity index (χ3n) is 6.15. The van der Waals surface area contributed by atoms with E-state index >= 15 is 0 Å². The van der Waals surface area contributed by atoms with Crippen molar-refractivity contribution in [3.63, 3.8) is 0 Å². The number of likely N-dealkylation sites (N-methyl/N-ethyl adjacent to an activating group) is 1. The van der Waals surface area contributed by atoms with Gasteiger partial charge in [-0.3, -0.25) is 9.48 Å². The second kappa shape index (κ2) is 8.55. The van der Waals surface area contributed by atoms with Crippen LogP contribution in [0.25, 0.3) is 0 Å². The minimum absolute atomic E-state index is 0.0486. The van der Waals surface area contributed by atoms with Crippen molar-refractivity contribution in [3.8, 4) is 0 Å². The molecule has 4 rings (SSSR count). The first kappa shape index (κ1) is 19.9. The Hall–Kier alpha value is -2.38. The first-order valence-electron chi connectivity index (χ1n) is 10.4. The van der Waals surface area contributed by atoms with Gasteiger partial charge in [0.05, 0.1) is 18.8 Å². The van der Waals surface area contributed by atoms with Crippen LogP contribution in [-0.2, 0) is 29.5 Å². The van der Waals surface area contributed by atoms with Gasteiger partial charge in [0.15, 0.2) is 0 Å². The van der Waals surface area contributed by atoms with Gasteiger partial charge in [-0.25, -0.2) is 0 Å². The van der Waals surface area contributed by atoms with Crippen LogP contribution in [0.2, 0.25) is 0 Å². The van der Waals surface area contributed by atoms with Crippen molar-refractivity contribution in [2.75, 3.05) is 45.3 Å². The van der Waals surface area contributed by atoms with E-state index in [2.05, 4.69) is 40.6 Å². The molecule has 1 aromatic carbocycles. The number of methoxy groups -OCH3 is 1. The number of amides is 1. The number of rotatable bonds is 8. The SMILES string of the molecule is COCCN1C(=O)C[C@@H](CNCc2ccc3c(c2)CCN3C)[C@@H]1c1cnn(C)c1. The quantitative estimate of drug-likeness (QED) is 0.735. The Balaban J connectivity index is 1.42. The summed E-state index contributed by atoms with van der Waals surface area (Å²) in [5, 5.41) is 7.92. The molecule has 2 atom stereocenters. The van der Waals surface area contributed by atoms with Crippen LogP contribution in [0.4, 0.5) is 5.69 Å². The average molecular weight is 398 g/mol. The summed E-state index contributed by atoms with van der Waals surface area (Å²) in [4.78, 5) is 16.9. The summed E-state index contributed by atoms with van der Waals surface area (Å²) in [5.74, 6) is 0.424. The lowest BCUT2D eigenvalue weighted by Gasteiger charge is -2.27. The molecule has 1 fully saturated rings. The number of carbonyl (C=O) groups excluding carboxylic acids is 1. The smallest absolute Gasteiger partial charge is 0.223 e. The van der Waals surface area contributed by atoms with E-state index in [0.29, 0.717) is 19.6 Å². The van der Waals surface area contributed by atoms with Crippen molar-refractivity contribution >= 4 is 11.6 Å². The van der Waals surface area contributed by atoms with E-state index in [0.717, 1.165) is 31.6 Å². The molecule has 7 heteroatoms. The Bertz CT molecular complexity index is 865. The van der Waals surface area contributed by atoms with Crippen LogP contribution in [-0.4, -0.2) is 61.0 Å². The van der Waals surface area contributed by atoms with Gasteiger partial charge < -0.3 is 19.9 Å². The number of nitrogens with zero attached hydrogens (tertiary/aromatic N) is 4. The fourth-order valence-electron chi connectivity index (χ4n) is 4.68. The number of nitrogens with one attached hydrogen (secondary N) is 1. The number of hydrogen-bond donors (Lipinski definition) is 1. The monoisotopic (exact) mass is 397 g/mol. The molecule has 2 aliphatic rings. The van der Waals surface area contributed by atoms with Crippen molar-refractivity contribution in [2.45, 2.75) is 25.4 Å². The summed E-state index contributed by atoms with van der Waals surface area (Å²) >= 11 is 0. The van der Waals surface area contributed by atoms with E-state index < -0.39 is 0 Å². The fraction of sp³-hybridized carbons (Fsp3) is 0.545. The van der Waals surface area contributed by atoms with Gasteiger partial charge in [0, 0.05) is 77.2 Å². The highest BCUT2D eigenvalue weighted by Crippen LogP contribution is 2.37. The van der Waals surface area contributed by atoms with Crippen molar-refractivity contribution in [1.82, 2.24) is 20.0 Å². The minimum atomic E-state index is 0.0486. The zero-order chi connectivity index (χ0) is 20.4. The van der Waals surface area contributed by atoms with Gasteiger partial charge in [-0.1, -0.05) is 12.1 Å². The van der Waals surface area contributed by atoms with E-state index in [1.807, 2.05) is 24.3 Å². The Morgan fingerprint density at radius 1 is 1.31 bits per heavy atom. The standard InChI is InChI=1S/C22H31N5O2/c1-25-7-6-17-10-16(4-5-20(17)25)12-23-13-18-11-21(28)27(8-9-29-3)22(18)19-14-24-26(2)15-19/h4-5,10,14-15,18,22-23H,6-9,11-13H2,1-3H3/t18-,22+/m0/s1. The molecule has 0 spiro atoms. The van der Waals surface area contributed by atoms with Gasteiger partial charge in [0.2, 0.25) is 5.91 Å². The molecule has 156 valence electrons. The van der Waals surface area contributed by atoms with Crippen LogP contribution in [0, 0.1) is 5.92 Å². The van der Waals surface area contributed by atoms with Crippen LogP contribution in [0.5, 0.6) is 0 Å². The molecule has 3 heterocycles. The number of ether oxygens (including phenoxy) is 1. The normalized spacial score (nSPS) is 21.3. The Morgan fingerprint density at radius 2 is 2.17 bits per heavy atom. The predicted octanol–water partition coefficient (Wildman–Crippen LogP) is 1.74. The van der Waals surface area contributed by atoms with Gasteiger partial charge in [-0.05, 0) is 23.6 Å². The zero-order valence-corrected chi connectivity index (χ0v) is 17.6. The molecule has 29 heavy (non-hydrogen) atoms. The molecule has 2 aliphatic heterocycles. The van der Waals surface area contributed by atoms with Crippen molar-refractivity contribution < 1.29 is 9.53 Å². The molecule has 0 saturated carbocycles. The number of likely N-dealkylation sites (tertiary alicyclic amines) is 1. The predicted molar refractivity (Wildman–Crippen MR) is 113 cm³/mol. The molecular formula is C22H31N5O2.